The fourth-order valence-electron chi connectivity index (χ4n) is 2.59. The van der Waals surface area contributed by atoms with E-state index < -0.39 is 10.0 Å². The normalized spacial score (nSPS) is 21.1. The Morgan fingerprint density at radius 2 is 2.15 bits per heavy atom. The van der Waals surface area contributed by atoms with E-state index in [2.05, 4.69) is 11.9 Å². The smallest absolute Gasteiger partial charge is 0.242 e. The molecule has 0 saturated carbocycles. The second kappa shape index (κ2) is 6.60. The predicted molar refractivity (Wildman–Crippen MR) is 80.7 cm³/mol. The SMILES string of the molecule is CCCC1CCCCN1S(=O)(=O)c1cnc(Cl)c(Cl)c1. The van der Waals surface area contributed by atoms with Crippen molar-refractivity contribution in [2.45, 2.75) is 50.0 Å². The van der Waals surface area contributed by atoms with Crippen molar-refractivity contribution in [3.05, 3.63) is 22.4 Å². The van der Waals surface area contributed by atoms with Gasteiger partial charge in [0.1, 0.15) is 10.0 Å². The van der Waals surface area contributed by atoms with Crippen LogP contribution in [0.15, 0.2) is 17.2 Å². The maximum Gasteiger partial charge on any atom is 0.244 e. The monoisotopic (exact) mass is 336 g/mol. The average molecular weight is 337 g/mol. The minimum atomic E-state index is -3.54. The standard InChI is InChI=1S/C13H18Cl2N2O2S/c1-2-5-10-6-3-4-7-17(10)20(18,19)11-8-12(14)13(15)16-9-11/h8-10H,2-7H2,1H3. The molecule has 2 heterocycles. The Hall–Kier alpha value is -0.360. The van der Waals surface area contributed by atoms with Crippen LogP contribution in [0.25, 0.3) is 0 Å². The van der Waals surface area contributed by atoms with Gasteiger partial charge in [-0.1, -0.05) is 43.0 Å². The maximum atomic E-state index is 12.7. The fourth-order valence-corrected chi connectivity index (χ4v) is 4.62. The summed E-state index contributed by atoms with van der Waals surface area (Å²) >= 11 is 11.6. The number of piperidine rings is 1. The van der Waals surface area contributed by atoms with Gasteiger partial charge in [-0.25, -0.2) is 13.4 Å². The van der Waals surface area contributed by atoms with Gasteiger partial charge in [0, 0.05) is 18.8 Å². The fraction of sp³-hybridized carbons (Fsp3) is 0.615. The molecule has 0 radical (unpaired) electrons. The first-order valence-electron chi connectivity index (χ1n) is 6.79. The van der Waals surface area contributed by atoms with Gasteiger partial charge < -0.3 is 0 Å². The third-order valence-corrected chi connectivity index (χ3v) is 6.18. The summed E-state index contributed by atoms with van der Waals surface area (Å²) in [6.07, 6.45) is 6.03. The van der Waals surface area contributed by atoms with Crippen LogP contribution in [0.3, 0.4) is 0 Å². The lowest BCUT2D eigenvalue weighted by Gasteiger charge is -2.34. The first-order valence-corrected chi connectivity index (χ1v) is 8.99. The number of halogens is 2. The Balaban J connectivity index is 2.34. The van der Waals surface area contributed by atoms with Crippen molar-refractivity contribution in [3.63, 3.8) is 0 Å². The van der Waals surface area contributed by atoms with E-state index in [9.17, 15) is 8.42 Å². The summed E-state index contributed by atoms with van der Waals surface area (Å²) in [4.78, 5) is 3.96. The highest BCUT2D eigenvalue weighted by atomic mass is 35.5. The van der Waals surface area contributed by atoms with Gasteiger partial charge in [0.05, 0.1) is 5.02 Å². The molecule has 0 amide bonds. The second-order valence-electron chi connectivity index (χ2n) is 5.00. The first-order chi connectivity index (χ1) is 9.46. The minimum absolute atomic E-state index is 0.0770. The summed E-state index contributed by atoms with van der Waals surface area (Å²) in [5.41, 5.74) is 0. The Bertz CT molecular complexity index is 576. The van der Waals surface area contributed by atoms with E-state index in [0.717, 1.165) is 32.1 Å². The molecule has 1 fully saturated rings. The molecule has 1 saturated heterocycles. The topological polar surface area (TPSA) is 50.3 Å². The molecular weight excluding hydrogens is 319 g/mol. The zero-order chi connectivity index (χ0) is 14.8. The lowest BCUT2D eigenvalue weighted by Crippen LogP contribution is -2.43. The van der Waals surface area contributed by atoms with Crippen molar-refractivity contribution < 1.29 is 8.42 Å². The summed E-state index contributed by atoms with van der Waals surface area (Å²) in [5, 5.41) is 0.283. The number of pyridine rings is 1. The van der Waals surface area contributed by atoms with E-state index in [0.29, 0.717) is 6.54 Å². The molecule has 2 rings (SSSR count). The highest BCUT2D eigenvalue weighted by molar-refractivity contribution is 7.89. The summed E-state index contributed by atoms with van der Waals surface area (Å²) < 4.78 is 27.0. The molecule has 1 aromatic heterocycles. The largest absolute Gasteiger partial charge is 0.244 e. The molecular formula is C13H18Cl2N2O2S. The number of rotatable bonds is 4. The molecule has 1 atom stereocenters. The lowest BCUT2D eigenvalue weighted by molar-refractivity contribution is 0.239. The van der Waals surface area contributed by atoms with Gasteiger partial charge in [-0.2, -0.15) is 4.31 Å². The van der Waals surface area contributed by atoms with Crippen LogP contribution in [0.5, 0.6) is 0 Å². The van der Waals surface area contributed by atoms with E-state index in [1.54, 1.807) is 4.31 Å². The van der Waals surface area contributed by atoms with E-state index in [1.807, 2.05) is 0 Å². The van der Waals surface area contributed by atoms with Gasteiger partial charge in [-0.05, 0) is 25.3 Å². The van der Waals surface area contributed by atoms with Crippen molar-refractivity contribution in [2.24, 2.45) is 0 Å². The van der Waals surface area contributed by atoms with Crippen LogP contribution >= 0.6 is 23.2 Å². The molecule has 0 bridgehead atoms. The van der Waals surface area contributed by atoms with E-state index >= 15 is 0 Å². The number of aromatic nitrogens is 1. The van der Waals surface area contributed by atoms with Crippen LogP contribution in [0.2, 0.25) is 10.2 Å². The minimum Gasteiger partial charge on any atom is -0.242 e. The van der Waals surface area contributed by atoms with Gasteiger partial charge in [-0.3, -0.25) is 0 Å². The van der Waals surface area contributed by atoms with Gasteiger partial charge in [-0.15, -0.1) is 0 Å². The summed E-state index contributed by atoms with van der Waals surface area (Å²) in [5.74, 6) is 0. The number of hydrogen-bond donors (Lipinski definition) is 0. The lowest BCUT2D eigenvalue weighted by atomic mass is 10.0. The van der Waals surface area contributed by atoms with Gasteiger partial charge >= 0.3 is 0 Å². The third kappa shape index (κ3) is 3.27. The summed E-state index contributed by atoms with van der Waals surface area (Å²) in [7, 11) is -3.54. The van der Waals surface area contributed by atoms with Crippen molar-refractivity contribution in [2.75, 3.05) is 6.54 Å². The zero-order valence-electron chi connectivity index (χ0n) is 11.3. The van der Waals surface area contributed by atoms with Crippen molar-refractivity contribution in [3.8, 4) is 0 Å². The molecule has 0 spiro atoms. The molecule has 1 unspecified atom stereocenters. The molecule has 7 heteroatoms. The van der Waals surface area contributed by atoms with Crippen molar-refractivity contribution >= 4 is 33.2 Å². The van der Waals surface area contributed by atoms with Gasteiger partial charge in [0.15, 0.2) is 0 Å². The zero-order valence-corrected chi connectivity index (χ0v) is 13.7. The van der Waals surface area contributed by atoms with E-state index in [-0.39, 0.29) is 21.1 Å². The number of hydrogen-bond acceptors (Lipinski definition) is 3. The van der Waals surface area contributed by atoms with Crippen LogP contribution in [0.1, 0.15) is 39.0 Å². The van der Waals surface area contributed by atoms with Crippen molar-refractivity contribution in [1.29, 1.82) is 0 Å². The van der Waals surface area contributed by atoms with Crippen LogP contribution in [-0.4, -0.2) is 30.3 Å². The van der Waals surface area contributed by atoms with Crippen molar-refractivity contribution in [1.82, 2.24) is 9.29 Å². The van der Waals surface area contributed by atoms with Crippen LogP contribution in [0.4, 0.5) is 0 Å². The van der Waals surface area contributed by atoms with E-state index in [4.69, 9.17) is 23.2 Å². The number of sulfonamides is 1. The Labute approximate surface area is 130 Å². The molecule has 1 aromatic rings. The highest BCUT2D eigenvalue weighted by Gasteiger charge is 2.33. The predicted octanol–water partition coefficient (Wildman–Crippen LogP) is 3.73. The van der Waals surface area contributed by atoms with Crippen LogP contribution < -0.4 is 0 Å². The maximum absolute atomic E-state index is 12.7. The van der Waals surface area contributed by atoms with Crippen LogP contribution in [0, 0.1) is 0 Å². The van der Waals surface area contributed by atoms with Crippen LogP contribution in [-0.2, 0) is 10.0 Å². The molecule has 0 aliphatic carbocycles. The molecule has 1 aliphatic rings. The van der Waals surface area contributed by atoms with E-state index in [1.165, 1.54) is 12.3 Å². The summed E-state index contributed by atoms with van der Waals surface area (Å²) in [6, 6.07) is 1.46. The Morgan fingerprint density at radius 3 is 2.80 bits per heavy atom. The number of nitrogens with zero attached hydrogens (tertiary/aromatic N) is 2. The molecule has 1 aliphatic heterocycles. The average Bonchev–Trinajstić information content (AvgIpc) is 2.42. The second-order valence-corrected chi connectivity index (χ2v) is 7.65. The Morgan fingerprint density at radius 1 is 1.40 bits per heavy atom. The van der Waals surface area contributed by atoms with Gasteiger partial charge in [0.25, 0.3) is 0 Å². The molecule has 0 N–H and O–H groups in total. The molecule has 20 heavy (non-hydrogen) atoms. The molecule has 112 valence electrons. The molecule has 4 nitrogen and oxygen atoms in total. The Kier molecular flexibility index (Phi) is 5.29. The highest BCUT2D eigenvalue weighted by Crippen LogP contribution is 2.29. The van der Waals surface area contributed by atoms with Gasteiger partial charge in [0.2, 0.25) is 10.0 Å². The third-order valence-electron chi connectivity index (χ3n) is 3.57. The molecule has 0 aromatic carbocycles. The quantitative estimate of drug-likeness (QED) is 0.787. The summed E-state index contributed by atoms with van der Waals surface area (Å²) in [6.45, 7) is 2.63. The first kappa shape index (κ1) is 16.0.